The van der Waals surface area contributed by atoms with E-state index in [1.54, 1.807) is 19.2 Å². The summed E-state index contributed by atoms with van der Waals surface area (Å²) in [6.45, 7) is 2.94. The fourth-order valence-corrected chi connectivity index (χ4v) is 4.24. The lowest BCUT2D eigenvalue weighted by Gasteiger charge is -2.38. The van der Waals surface area contributed by atoms with Crippen LogP contribution in [0.5, 0.6) is 5.75 Å². The molecule has 1 fully saturated rings. The van der Waals surface area contributed by atoms with E-state index in [2.05, 4.69) is 21.9 Å². The van der Waals surface area contributed by atoms with Crippen LogP contribution in [0.2, 0.25) is 5.02 Å². The number of para-hydroxylation sites is 2. The van der Waals surface area contributed by atoms with Gasteiger partial charge in [0.05, 0.1) is 35.3 Å². The molecule has 0 aliphatic carbocycles. The van der Waals surface area contributed by atoms with E-state index in [-0.39, 0.29) is 5.69 Å². The van der Waals surface area contributed by atoms with Crippen molar-refractivity contribution in [1.29, 1.82) is 10.5 Å². The Morgan fingerprint density at radius 3 is 2.06 bits per heavy atom. The molecule has 3 aromatic rings. The molecule has 4 rings (SSSR count). The third kappa shape index (κ3) is 3.89. The Kier molecular flexibility index (Phi) is 6.07. The van der Waals surface area contributed by atoms with Gasteiger partial charge in [-0.3, -0.25) is 0 Å². The van der Waals surface area contributed by atoms with Crippen LogP contribution in [-0.2, 0) is 0 Å². The zero-order valence-corrected chi connectivity index (χ0v) is 18.4. The van der Waals surface area contributed by atoms with Crippen LogP contribution >= 0.6 is 11.6 Å². The number of nitrogens with zero attached hydrogens (tertiary/aromatic N) is 4. The minimum absolute atomic E-state index is 0.213. The van der Waals surface area contributed by atoms with Crippen molar-refractivity contribution < 1.29 is 4.74 Å². The maximum absolute atomic E-state index is 9.84. The number of halogens is 1. The number of nitriles is 2. The Bertz CT molecular complexity index is 1220. The summed E-state index contributed by atoms with van der Waals surface area (Å²) in [6.07, 6.45) is 0. The number of methoxy groups -OCH3 is 1. The number of ether oxygens (including phenoxy) is 1. The van der Waals surface area contributed by atoms with E-state index >= 15 is 0 Å². The number of nitrogen functional groups attached to an aromatic ring is 1. The lowest BCUT2D eigenvalue weighted by Crippen LogP contribution is -2.47. The summed E-state index contributed by atoms with van der Waals surface area (Å²) < 4.78 is 5.51. The molecule has 7 heteroatoms. The lowest BCUT2D eigenvalue weighted by atomic mass is 9.94. The minimum atomic E-state index is 0.213. The molecule has 0 aromatic heterocycles. The normalized spacial score (nSPS) is 13.4. The molecule has 0 radical (unpaired) electrons. The summed E-state index contributed by atoms with van der Waals surface area (Å²) in [7, 11) is 1.67. The molecule has 0 amide bonds. The topological polar surface area (TPSA) is 89.3 Å². The van der Waals surface area contributed by atoms with Gasteiger partial charge < -0.3 is 20.3 Å². The highest BCUT2D eigenvalue weighted by atomic mass is 35.5. The van der Waals surface area contributed by atoms with Crippen molar-refractivity contribution in [3.8, 4) is 29.0 Å². The summed E-state index contributed by atoms with van der Waals surface area (Å²) in [4.78, 5) is 4.43. The van der Waals surface area contributed by atoms with Gasteiger partial charge in [0.25, 0.3) is 0 Å². The fourth-order valence-electron chi connectivity index (χ4n) is 4.11. The highest BCUT2D eigenvalue weighted by Gasteiger charge is 2.25. The summed E-state index contributed by atoms with van der Waals surface area (Å²) >= 11 is 6.04. The van der Waals surface area contributed by atoms with Gasteiger partial charge in [0, 0.05) is 36.8 Å². The van der Waals surface area contributed by atoms with Gasteiger partial charge in [0.1, 0.15) is 17.9 Å². The predicted octanol–water partition coefficient (Wildman–Crippen LogP) is 4.67. The zero-order valence-electron chi connectivity index (χ0n) is 17.7. The van der Waals surface area contributed by atoms with E-state index in [4.69, 9.17) is 22.1 Å². The highest BCUT2D eigenvalue weighted by molar-refractivity contribution is 6.30. The molecule has 3 aromatic carbocycles. The van der Waals surface area contributed by atoms with Crippen LogP contribution in [0.25, 0.3) is 11.1 Å². The van der Waals surface area contributed by atoms with Crippen molar-refractivity contribution in [2.75, 3.05) is 48.8 Å². The molecule has 160 valence electrons. The number of anilines is 3. The summed E-state index contributed by atoms with van der Waals surface area (Å²) in [5, 5.41) is 20.2. The number of rotatable bonds is 4. The van der Waals surface area contributed by atoms with Crippen LogP contribution in [0.15, 0.2) is 54.6 Å². The zero-order chi connectivity index (χ0) is 22.7. The van der Waals surface area contributed by atoms with Crippen molar-refractivity contribution in [1.82, 2.24) is 0 Å². The molecule has 0 bridgehead atoms. The predicted molar refractivity (Wildman–Crippen MR) is 128 cm³/mol. The molecule has 2 N–H and O–H groups in total. The van der Waals surface area contributed by atoms with Gasteiger partial charge in [-0.05, 0) is 35.9 Å². The first kappa shape index (κ1) is 21.4. The Labute approximate surface area is 192 Å². The van der Waals surface area contributed by atoms with E-state index < -0.39 is 0 Å². The van der Waals surface area contributed by atoms with Gasteiger partial charge in [-0.2, -0.15) is 10.5 Å². The molecule has 0 spiro atoms. The van der Waals surface area contributed by atoms with Crippen LogP contribution in [0.1, 0.15) is 11.1 Å². The first-order valence-electron chi connectivity index (χ1n) is 10.2. The minimum Gasteiger partial charge on any atom is -0.495 e. The van der Waals surface area contributed by atoms with Gasteiger partial charge >= 0.3 is 0 Å². The molecule has 1 aliphatic heterocycles. The van der Waals surface area contributed by atoms with Crippen LogP contribution in [0.4, 0.5) is 17.1 Å². The van der Waals surface area contributed by atoms with E-state index in [1.807, 2.05) is 42.5 Å². The van der Waals surface area contributed by atoms with Crippen LogP contribution in [0.3, 0.4) is 0 Å². The van der Waals surface area contributed by atoms with Gasteiger partial charge in [-0.15, -0.1) is 0 Å². The lowest BCUT2D eigenvalue weighted by molar-refractivity contribution is 0.413. The molecule has 1 saturated heterocycles. The van der Waals surface area contributed by atoms with Gasteiger partial charge in [-0.1, -0.05) is 35.9 Å². The first-order chi connectivity index (χ1) is 15.6. The Balaban J connectivity index is 1.69. The second-order valence-corrected chi connectivity index (χ2v) is 7.92. The number of benzene rings is 3. The molecule has 1 heterocycles. The molecule has 6 nitrogen and oxygen atoms in total. The van der Waals surface area contributed by atoms with Crippen molar-refractivity contribution in [3.05, 3.63) is 70.7 Å². The van der Waals surface area contributed by atoms with Crippen molar-refractivity contribution in [3.63, 3.8) is 0 Å². The van der Waals surface area contributed by atoms with Crippen molar-refractivity contribution in [2.45, 2.75) is 0 Å². The second kappa shape index (κ2) is 9.09. The summed E-state index contributed by atoms with van der Waals surface area (Å²) in [6, 6.07) is 21.5. The Morgan fingerprint density at radius 2 is 1.47 bits per heavy atom. The molecular weight excluding hydrogens is 422 g/mol. The van der Waals surface area contributed by atoms with Crippen LogP contribution in [-0.4, -0.2) is 33.3 Å². The second-order valence-electron chi connectivity index (χ2n) is 7.48. The van der Waals surface area contributed by atoms with Gasteiger partial charge in [0.15, 0.2) is 0 Å². The summed E-state index contributed by atoms with van der Waals surface area (Å²) in [5.74, 6) is 0.839. The fraction of sp³-hybridized carbons (Fsp3) is 0.200. The van der Waals surface area contributed by atoms with E-state index in [0.29, 0.717) is 34.8 Å². The Hall–Kier alpha value is -3.87. The summed E-state index contributed by atoms with van der Waals surface area (Å²) in [5.41, 5.74) is 10.5. The molecule has 32 heavy (non-hydrogen) atoms. The maximum Gasteiger partial charge on any atom is 0.142 e. The average molecular weight is 444 g/mol. The van der Waals surface area contributed by atoms with E-state index in [9.17, 15) is 10.5 Å². The number of hydrogen-bond donors (Lipinski definition) is 1. The van der Waals surface area contributed by atoms with Crippen LogP contribution < -0.4 is 20.3 Å². The first-order valence-corrected chi connectivity index (χ1v) is 10.6. The third-order valence-electron chi connectivity index (χ3n) is 5.77. The third-order valence-corrected chi connectivity index (χ3v) is 6.02. The molecule has 0 saturated carbocycles. The quantitative estimate of drug-likeness (QED) is 0.589. The molecular formula is C25H22ClN5O. The van der Waals surface area contributed by atoms with Crippen molar-refractivity contribution >= 4 is 28.7 Å². The number of nitrogens with two attached hydrogens (primary N) is 1. The van der Waals surface area contributed by atoms with Gasteiger partial charge in [-0.25, -0.2) is 0 Å². The largest absolute Gasteiger partial charge is 0.495 e. The monoisotopic (exact) mass is 443 g/mol. The maximum atomic E-state index is 9.84. The van der Waals surface area contributed by atoms with E-state index in [1.165, 1.54) is 0 Å². The SMILES string of the molecule is COc1ccccc1N1CCN(c2cc(-c3ccc(Cl)cc3)c(C#N)c(N)c2C#N)CC1. The standard InChI is InChI=1S/C25H22ClN5O/c1-32-24-5-3-2-4-22(24)30-10-12-31(13-11-30)23-14-19(17-6-8-18(26)9-7-17)20(15-27)25(29)21(23)16-28/h2-9,14H,10-13,29H2,1H3. The smallest absolute Gasteiger partial charge is 0.142 e. The highest BCUT2D eigenvalue weighted by Crippen LogP contribution is 2.38. The molecule has 1 aliphatic rings. The van der Waals surface area contributed by atoms with E-state index in [0.717, 1.165) is 35.8 Å². The molecule has 0 unspecified atom stereocenters. The number of piperazine rings is 1. The van der Waals surface area contributed by atoms with Gasteiger partial charge in [0.2, 0.25) is 0 Å². The Morgan fingerprint density at radius 1 is 0.875 bits per heavy atom. The van der Waals surface area contributed by atoms with Crippen molar-refractivity contribution in [2.24, 2.45) is 0 Å². The average Bonchev–Trinajstić information content (AvgIpc) is 2.84. The number of hydrogen-bond acceptors (Lipinski definition) is 6. The van der Waals surface area contributed by atoms with Crippen LogP contribution in [0, 0.1) is 22.7 Å². The molecule has 0 atom stereocenters.